The molecule has 0 aromatic heterocycles. The fourth-order valence-electron chi connectivity index (χ4n) is 3.25. The Hall–Kier alpha value is -1.72. The van der Waals surface area contributed by atoms with Crippen LogP contribution in [0.5, 0.6) is 11.5 Å². The number of piperidine rings is 1. The number of hydrogen-bond donors (Lipinski definition) is 1. The van der Waals surface area contributed by atoms with Gasteiger partial charge in [-0.2, -0.15) is 0 Å². The molecule has 0 atom stereocenters. The first kappa shape index (κ1) is 18.1. The van der Waals surface area contributed by atoms with E-state index in [4.69, 9.17) is 9.47 Å². The number of hydrogen-bond acceptors (Lipinski definition) is 4. The molecule has 0 spiro atoms. The lowest BCUT2D eigenvalue weighted by Crippen LogP contribution is -2.38. The molecule has 3 rings (SSSR count). The first-order chi connectivity index (χ1) is 12.2. The molecule has 0 aliphatic carbocycles. The van der Waals surface area contributed by atoms with Crippen LogP contribution in [0.2, 0.25) is 0 Å². The topological polar surface area (TPSA) is 33.7 Å². The van der Waals surface area contributed by atoms with E-state index >= 15 is 0 Å². The summed E-state index contributed by atoms with van der Waals surface area (Å²) in [6, 6.07) is 14.8. The molecule has 0 radical (unpaired) electrons. The summed E-state index contributed by atoms with van der Waals surface area (Å²) in [7, 11) is 3.39. The van der Waals surface area contributed by atoms with Gasteiger partial charge in [0.2, 0.25) is 0 Å². The average molecular weight is 405 g/mol. The summed E-state index contributed by atoms with van der Waals surface area (Å²) in [6.07, 6.45) is 2.23. The maximum absolute atomic E-state index is 5.47. The lowest BCUT2D eigenvalue weighted by molar-refractivity contribution is 0.211. The summed E-state index contributed by atoms with van der Waals surface area (Å²) in [5.74, 6) is 1.70. The summed E-state index contributed by atoms with van der Waals surface area (Å²) < 4.78 is 12.0. The smallest absolute Gasteiger partial charge is 0.142 e. The zero-order valence-corrected chi connectivity index (χ0v) is 16.4. The fraction of sp³-hybridized carbons (Fsp3) is 0.400. The van der Waals surface area contributed by atoms with E-state index in [2.05, 4.69) is 50.4 Å². The number of halogens is 1. The number of anilines is 1. The van der Waals surface area contributed by atoms with Gasteiger partial charge in [0.05, 0.1) is 19.9 Å². The van der Waals surface area contributed by atoms with Gasteiger partial charge in [-0.15, -0.1) is 0 Å². The van der Waals surface area contributed by atoms with Gasteiger partial charge in [0.1, 0.15) is 11.5 Å². The Balaban J connectivity index is 1.57. The zero-order valence-electron chi connectivity index (χ0n) is 14.8. The molecule has 2 aromatic rings. The van der Waals surface area contributed by atoms with E-state index in [1.807, 2.05) is 18.2 Å². The Labute approximate surface area is 158 Å². The molecule has 0 saturated carbocycles. The largest absolute Gasteiger partial charge is 0.497 e. The Morgan fingerprint density at radius 1 is 1.08 bits per heavy atom. The van der Waals surface area contributed by atoms with Gasteiger partial charge in [0.15, 0.2) is 0 Å². The molecule has 0 unspecified atom stereocenters. The second kappa shape index (κ2) is 8.59. The molecule has 4 nitrogen and oxygen atoms in total. The molecule has 0 bridgehead atoms. The van der Waals surface area contributed by atoms with Crippen LogP contribution >= 0.6 is 15.9 Å². The average Bonchev–Trinajstić information content (AvgIpc) is 2.65. The molecule has 1 saturated heterocycles. The van der Waals surface area contributed by atoms with Crippen molar-refractivity contribution >= 4 is 21.6 Å². The zero-order chi connectivity index (χ0) is 17.6. The molecule has 5 heteroatoms. The number of benzene rings is 2. The summed E-state index contributed by atoms with van der Waals surface area (Å²) in [4.78, 5) is 2.51. The normalized spacial score (nSPS) is 15.8. The minimum absolute atomic E-state index is 0.455. The standard InChI is InChI=1S/C20H25BrN2O2/c1-24-17-7-8-20(25-2)19(13-17)22-16-9-11-23(12-10-16)14-15-5-3-4-6-18(15)21/h3-8,13,16,22H,9-12,14H2,1-2H3. The quantitative estimate of drug-likeness (QED) is 0.765. The Bertz CT molecular complexity index is 700. The molecule has 1 aliphatic rings. The van der Waals surface area contributed by atoms with Crippen LogP contribution in [0.4, 0.5) is 5.69 Å². The second-order valence-electron chi connectivity index (χ2n) is 6.35. The minimum Gasteiger partial charge on any atom is -0.497 e. The SMILES string of the molecule is COc1ccc(OC)c(NC2CCN(Cc3ccccc3Br)CC2)c1. The predicted octanol–water partition coefficient (Wildman–Crippen LogP) is 4.54. The van der Waals surface area contributed by atoms with Gasteiger partial charge in [-0.3, -0.25) is 4.90 Å². The van der Waals surface area contributed by atoms with Crippen molar-refractivity contribution in [2.45, 2.75) is 25.4 Å². The summed E-state index contributed by atoms with van der Waals surface area (Å²) in [5, 5.41) is 3.63. The minimum atomic E-state index is 0.455. The number of rotatable bonds is 6. The molecule has 134 valence electrons. The van der Waals surface area contributed by atoms with Gasteiger partial charge < -0.3 is 14.8 Å². The molecular formula is C20H25BrN2O2. The van der Waals surface area contributed by atoms with E-state index < -0.39 is 0 Å². The summed E-state index contributed by atoms with van der Waals surface area (Å²) in [6.45, 7) is 3.17. The van der Waals surface area contributed by atoms with E-state index in [0.29, 0.717) is 6.04 Å². The number of ether oxygens (including phenoxy) is 2. The highest BCUT2D eigenvalue weighted by molar-refractivity contribution is 9.10. The van der Waals surface area contributed by atoms with Crippen LogP contribution in [-0.4, -0.2) is 38.3 Å². The van der Waals surface area contributed by atoms with Crippen LogP contribution in [0.1, 0.15) is 18.4 Å². The Kier molecular flexibility index (Phi) is 6.21. The van der Waals surface area contributed by atoms with Crippen molar-refractivity contribution in [3.8, 4) is 11.5 Å². The van der Waals surface area contributed by atoms with Crippen LogP contribution in [0.3, 0.4) is 0 Å². The molecule has 25 heavy (non-hydrogen) atoms. The van der Waals surface area contributed by atoms with Crippen molar-refractivity contribution in [1.82, 2.24) is 4.90 Å². The van der Waals surface area contributed by atoms with E-state index in [1.54, 1.807) is 14.2 Å². The van der Waals surface area contributed by atoms with Crippen molar-refractivity contribution in [2.24, 2.45) is 0 Å². The molecule has 1 fully saturated rings. The monoisotopic (exact) mass is 404 g/mol. The number of methoxy groups -OCH3 is 2. The van der Waals surface area contributed by atoms with E-state index in [-0.39, 0.29) is 0 Å². The van der Waals surface area contributed by atoms with Gasteiger partial charge in [-0.05, 0) is 36.6 Å². The van der Waals surface area contributed by atoms with Gasteiger partial charge in [-0.25, -0.2) is 0 Å². The molecular weight excluding hydrogens is 380 g/mol. The third-order valence-electron chi connectivity index (χ3n) is 4.71. The van der Waals surface area contributed by atoms with E-state index in [0.717, 1.165) is 49.7 Å². The van der Waals surface area contributed by atoms with Crippen molar-refractivity contribution < 1.29 is 9.47 Å². The van der Waals surface area contributed by atoms with Crippen molar-refractivity contribution in [3.05, 3.63) is 52.5 Å². The van der Waals surface area contributed by atoms with Gasteiger partial charge in [-0.1, -0.05) is 34.1 Å². The van der Waals surface area contributed by atoms with Crippen LogP contribution in [0.25, 0.3) is 0 Å². The fourth-order valence-corrected chi connectivity index (χ4v) is 3.66. The molecule has 1 aliphatic heterocycles. The third kappa shape index (κ3) is 4.67. The molecule has 1 heterocycles. The summed E-state index contributed by atoms with van der Waals surface area (Å²) >= 11 is 3.64. The lowest BCUT2D eigenvalue weighted by Gasteiger charge is -2.33. The van der Waals surface area contributed by atoms with Crippen LogP contribution < -0.4 is 14.8 Å². The van der Waals surface area contributed by atoms with E-state index in [9.17, 15) is 0 Å². The van der Waals surface area contributed by atoms with Crippen molar-refractivity contribution in [2.75, 3.05) is 32.6 Å². The van der Waals surface area contributed by atoms with Gasteiger partial charge >= 0.3 is 0 Å². The van der Waals surface area contributed by atoms with E-state index in [1.165, 1.54) is 10.0 Å². The summed E-state index contributed by atoms with van der Waals surface area (Å²) in [5.41, 5.74) is 2.36. The number of likely N-dealkylation sites (tertiary alicyclic amines) is 1. The Morgan fingerprint density at radius 2 is 1.84 bits per heavy atom. The number of nitrogens with zero attached hydrogens (tertiary/aromatic N) is 1. The predicted molar refractivity (Wildman–Crippen MR) is 106 cm³/mol. The van der Waals surface area contributed by atoms with Crippen molar-refractivity contribution in [3.63, 3.8) is 0 Å². The van der Waals surface area contributed by atoms with Crippen molar-refractivity contribution in [1.29, 1.82) is 0 Å². The van der Waals surface area contributed by atoms with Gasteiger partial charge in [0, 0.05) is 36.2 Å². The Morgan fingerprint density at radius 3 is 2.52 bits per heavy atom. The molecule has 1 N–H and O–H groups in total. The maximum Gasteiger partial charge on any atom is 0.142 e. The third-order valence-corrected chi connectivity index (χ3v) is 5.48. The highest BCUT2D eigenvalue weighted by Crippen LogP contribution is 2.31. The highest BCUT2D eigenvalue weighted by Gasteiger charge is 2.20. The first-order valence-electron chi connectivity index (χ1n) is 8.64. The van der Waals surface area contributed by atoms with Gasteiger partial charge in [0.25, 0.3) is 0 Å². The lowest BCUT2D eigenvalue weighted by atomic mass is 10.0. The van der Waals surface area contributed by atoms with Crippen LogP contribution in [-0.2, 0) is 6.54 Å². The molecule has 0 amide bonds. The second-order valence-corrected chi connectivity index (χ2v) is 7.21. The van der Waals surface area contributed by atoms with Crippen LogP contribution in [0, 0.1) is 0 Å². The molecule has 2 aromatic carbocycles. The number of nitrogens with one attached hydrogen (secondary N) is 1. The maximum atomic E-state index is 5.47. The first-order valence-corrected chi connectivity index (χ1v) is 9.43. The highest BCUT2D eigenvalue weighted by atomic mass is 79.9. The van der Waals surface area contributed by atoms with Crippen LogP contribution in [0.15, 0.2) is 46.9 Å².